The fourth-order valence-electron chi connectivity index (χ4n) is 1.01. The van der Waals surface area contributed by atoms with E-state index in [1.165, 1.54) is 12.1 Å². The van der Waals surface area contributed by atoms with E-state index in [2.05, 4.69) is 6.58 Å². The maximum atomic E-state index is 12.4. The zero-order chi connectivity index (χ0) is 10.1. The molecule has 0 N–H and O–H groups in total. The molecule has 0 atom stereocenters. The number of benzene rings is 1. The van der Waals surface area contributed by atoms with Gasteiger partial charge in [0.25, 0.3) is 0 Å². The average Bonchev–Trinajstić information content (AvgIpc) is 2.03. The van der Waals surface area contributed by atoms with Crippen molar-refractivity contribution in [2.24, 2.45) is 0 Å². The third kappa shape index (κ3) is 2.49. The van der Waals surface area contributed by atoms with E-state index >= 15 is 0 Å². The van der Waals surface area contributed by atoms with Crippen molar-refractivity contribution in [3.8, 4) is 0 Å². The van der Waals surface area contributed by atoms with Crippen LogP contribution in [0.1, 0.15) is 11.1 Å². The molecule has 0 unspecified atom stereocenters. The zero-order valence-electron chi connectivity index (χ0n) is 6.73. The molecule has 0 bridgehead atoms. The summed E-state index contributed by atoms with van der Waals surface area (Å²) in [5.41, 5.74) is -0.370. The van der Waals surface area contributed by atoms with Gasteiger partial charge in [-0.05, 0) is 0 Å². The van der Waals surface area contributed by atoms with Gasteiger partial charge in [-0.1, -0.05) is 0 Å². The van der Waals surface area contributed by atoms with E-state index in [-0.39, 0.29) is 5.56 Å². The first kappa shape index (κ1) is 10.6. The predicted octanol–water partition coefficient (Wildman–Crippen LogP) is 2.58. The van der Waals surface area contributed by atoms with Crippen LogP contribution in [-0.4, -0.2) is 22.5 Å². The number of hydrogen-bond donors (Lipinski definition) is 0. The van der Waals surface area contributed by atoms with Crippen LogP contribution in [0.25, 0.3) is 3.59 Å². The predicted molar refractivity (Wildman–Crippen MR) is 47.6 cm³/mol. The minimum absolute atomic E-state index is 0.220. The van der Waals surface area contributed by atoms with E-state index in [9.17, 15) is 13.2 Å². The van der Waals surface area contributed by atoms with Crippen LogP contribution in [0.5, 0.6) is 0 Å². The van der Waals surface area contributed by atoms with Crippen LogP contribution in [0.2, 0.25) is 0 Å². The summed E-state index contributed by atoms with van der Waals surface area (Å²) >= 11 is 0.609. The van der Waals surface area contributed by atoms with E-state index < -0.39 is 11.7 Å². The van der Waals surface area contributed by atoms with Crippen molar-refractivity contribution in [1.82, 2.24) is 0 Å². The summed E-state index contributed by atoms with van der Waals surface area (Å²) in [6.07, 6.45) is -4.28. The van der Waals surface area contributed by atoms with E-state index in [1.54, 1.807) is 6.07 Å². The molecule has 0 nitrogen and oxygen atoms in total. The number of alkyl halides is 3. The Morgan fingerprint density at radius 3 is 2.15 bits per heavy atom. The Labute approximate surface area is 87.5 Å². The van der Waals surface area contributed by atoms with Gasteiger partial charge in [0.1, 0.15) is 0 Å². The Bertz CT molecular complexity index is 328. The summed E-state index contributed by atoms with van der Waals surface area (Å²) in [6.45, 7) is 3.56. The maximum absolute atomic E-state index is 12.4. The first-order valence-electron chi connectivity index (χ1n) is 3.54. The molecule has 0 amide bonds. The fourth-order valence-corrected chi connectivity index (χ4v) is 1.73. The molecule has 0 aliphatic rings. The Morgan fingerprint density at radius 1 is 1.23 bits per heavy atom. The van der Waals surface area contributed by atoms with Gasteiger partial charge in [0.05, 0.1) is 0 Å². The van der Waals surface area contributed by atoms with Crippen molar-refractivity contribution in [3.63, 3.8) is 0 Å². The molecule has 0 aliphatic heterocycles. The van der Waals surface area contributed by atoms with E-state index in [0.717, 1.165) is 6.07 Å². The first-order valence-corrected chi connectivity index (χ1v) is 5.18. The molecule has 0 heterocycles. The van der Waals surface area contributed by atoms with Crippen LogP contribution in [0.4, 0.5) is 13.2 Å². The second-order valence-corrected chi connectivity index (χ2v) is 4.56. The average molecular weight is 291 g/mol. The minimum atomic E-state index is -4.28. The van der Waals surface area contributed by atoms with Gasteiger partial charge in [0.15, 0.2) is 0 Å². The summed E-state index contributed by atoms with van der Waals surface area (Å²) in [5, 5.41) is 0. The van der Waals surface area contributed by atoms with Crippen molar-refractivity contribution < 1.29 is 13.2 Å². The van der Waals surface area contributed by atoms with Crippen LogP contribution < -0.4 is 0 Å². The second-order valence-electron chi connectivity index (χ2n) is 2.57. The molecule has 4 heteroatoms. The van der Waals surface area contributed by atoms with Crippen molar-refractivity contribution in [3.05, 3.63) is 42.0 Å². The Hall–Kier alpha value is -0.451. The normalized spacial score (nSPS) is 11.4. The summed E-state index contributed by atoms with van der Waals surface area (Å²) in [5.74, 6) is 0. The van der Waals surface area contributed by atoms with E-state index in [4.69, 9.17) is 0 Å². The van der Waals surface area contributed by atoms with Crippen molar-refractivity contribution >= 4 is 26.1 Å². The summed E-state index contributed by atoms with van der Waals surface area (Å²) in [6, 6.07) is 5.51. The molecular weight excluding hydrogens is 284 g/mol. The molecule has 0 saturated carbocycles. The topological polar surface area (TPSA) is 0 Å². The van der Waals surface area contributed by atoms with Crippen molar-refractivity contribution in [2.45, 2.75) is 6.18 Å². The van der Waals surface area contributed by atoms with Gasteiger partial charge in [0, 0.05) is 0 Å². The third-order valence-corrected chi connectivity index (χ3v) is 2.47. The summed E-state index contributed by atoms with van der Waals surface area (Å²) in [7, 11) is 0. The van der Waals surface area contributed by atoms with E-state index in [0.29, 0.717) is 26.1 Å². The van der Waals surface area contributed by atoms with Gasteiger partial charge in [-0.3, -0.25) is 0 Å². The Kier molecular flexibility index (Phi) is 3.05. The fraction of sp³-hybridized carbons (Fsp3) is 0.111. The van der Waals surface area contributed by atoms with Gasteiger partial charge in [-0.25, -0.2) is 0 Å². The van der Waals surface area contributed by atoms with Crippen molar-refractivity contribution in [1.29, 1.82) is 0 Å². The van der Waals surface area contributed by atoms with Gasteiger partial charge in [-0.2, -0.15) is 0 Å². The van der Waals surface area contributed by atoms with E-state index in [1.807, 2.05) is 0 Å². The molecule has 1 aromatic carbocycles. The summed E-state index contributed by atoms with van der Waals surface area (Å²) < 4.78 is 37.7. The monoisotopic (exact) mass is 292 g/mol. The van der Waals surface area contributed by atoms with Crippen LogP contribution in [0, 0.1) is 0 Å². The molecule has 13 heavy (non-hydrogen) atoms. The molecule has 0 saturated heterocycles. The molecule has 0 fully saturated rings. The van der Waals surface area contributed by atoms with Crippen LogP contribution in [-0.2, 0) is 6.18 Å². The van der Waals surface area contributed by atoms with Crippen LogP contribution >= 0.6 is 0 Å². The van der Waals surface area contributed by atoms with Gasteiger partial charge in [-0.15, -0.1) is 0 Å². The first-order chi connectivity index (χ1) is 5.93. The molecule has 68 valence electrons. The zero-order valence-corrected chi connectivity index (χ0v) is 10.0. The van der Waals surface area contributed by atoms with Gasteiger partial charge in [0.2, 0.25) is 0 Å². The SMILES string of the molecule is C=[C]([SnH])c1ccccc1C(F)(F)F. The Morgan fingerprint density at radius 2 is 1.77 bits per heavy atom. The van der Waals surface area contributed by atoms with Crippen LogP contribution in [0.15, 0.2) is 30.8 Å². The third-order valence-electron chi connectivity index (χ3n) is 1.58. The van der Waals surface area contributed by atoms with Crippen molar-refractivity contribution in [2.75, 3.05) is 0 Å². The standard InChI is InChI=1S/C9H6F3.Sn.H/c1-2-7-5-3-4-6-8(7)9(10,11)12;;/h3-6H,1H2;;. The molecule has 0 aromatic heterocycles. The number of rotatable bonds is 1. The molecular formula is C9H7F3Sn. The summed E-state index contributed by atoms with van der Waals surface area (Å²) in [4.78, 5) is 0. The molecule has 2 radical (unpaired) electrons. The molecule has 0 spiro atoms. The quantitative estimate of drug-likeness (QED) is 0.698. The van der Waals surface area contributed by atoms with Crippen LogP contribution in [0.3, 0.4) is 0 Å². The second kappa shape index (κ2) is 3.74. The Balaban J connectivity index is 3.28. The molecule has 0 aliphatic carbocycles. The van der Waals surface area contributed by atoms with Gasteiger partial charge >= 0.3 is 87.4 Å². The van der Waals surface area contributed by atoms with Gasteiger partial charge < -0.3 is 0 Å². The number of halogens is 3. The molecule has 1 aromatic rings. The number of hydrogen-bond acceptors (Lipinski definition) is 0. The molecule has 1 rings (SSSR count).